The molecule has 4 aromatic carbocycles. The smallest absolute Gasteiger partial charge is 0.343 e. The molecular weight excluding hydrogens is 767 g/mol. The number of rotatable bonds is 12. The van der Waals surface area contributed by atoms with Crippen molar-refractivity contribution < 1.29 is 37.7 Å². The van der Waals surface area contributed by atoms with E-state index in [1.807, 2.05) is 31.1 Å². The summed E-state index contributed by atoms with van der Waals surface area (Å²) in [5.41, 5.74) is 4.20. The highest BCUT2D eigenvalue weighted by Gasteiger charge is 2.21. The van der Waals surface area contributed by atoms with Crippen LogP contribution in [0.2, 0.25) is 0 Å². The van der Waals surface area contributed by atoms with Gasteiger partial charge < -0.3 is 29.2 Å². The van der Waals surface area contributed by atoms with E-state index in [0.29, 0.717) is 25.8 Å². The van der Waals surface area contributed by atoms with Crippen molar-refractivity contribution in [2.75, 3.05) is 40.3 Å². The van der Waals surface area contributed by atoms with Crippen LogP contribution in [0.4, 0.5) is 10.1 Å². The van der Waals surface area contributed by atoms with Crippen molar-refractivity contribution in [1.82, 2.24) is 10.7 Å². The third kappa shape index (κ3) is 9.45. The molecule has 0 bridgehead atoms. The quantitative estimate of drug-likeness (QED) is 0.0541. The van der Waals surface area contributed by atoms with Crippen molar-refractivity contribution in [2.45, 2.75) is 0 Å². The van der Waals surface area contributed by atoms with Crippen molar-refractivity contribution in [2.24, 2.45) is 5.10 Å². The topological polar surface area (TPSA) is 128 Å². The van der Waals surface area contributed by atoms with Crippen LogP contribution in [-0.2, 0) is 4.79 Å². The molecule has 0 radical (unpaired) electrons. The molecule has 0 aliphatic rings. The molecule has 4 aromatic rings. The number of hydrogen-bond donors (Lipinski definition) is 2. The molecule has 49 heavy (non-hydrogen) atoms. The van der Waals surface area contributed by atoms with E-state index in [1.54, 1.807) is 24.3 Å². The summed E-state index contributed by atoms with van der Waals surface area (Å²) in [5, 5.41) is 6.60. The summed E-state index contributed by atoms with van der Waals surface area (Å²) in [7, 11) is 8.08. The van der Waals surface area contributed by atoms with E-state index in [2.05, 4.69) is 47.7 Å². The first-order valence-electron chi connectivity index (χ1n) is 14.3. The van der Waals surface area contributed by atoms with Gasteiger partial charge in [-0.25, -0.2) is 14.6 Å². The fourth-order valence-corrected chi connectivity index (χ4v) is 5.71. The first kappa shape index (κ1) is 36.6. The molecule has 0 aliphatic carbocycles. The summed E-state index contributed by atoms with van der Waals surface area (Å²) in [6.45, 7) is 0. The average molecular weight is 798 g/mol. The van der Waals surface area contributed by atoms with Gasteiger partial charge in [0.25, 0.3) is 11.8 Å². The first-order valence-corrected chi connectivity index (χ1v) is 15.9. The lowest BCUT2D eigenvalue weighted by molar-refractivity contribution is -0.117. The number of hydrogen-bond acceptors (Lipinski definition) is 9. The van der Waals surface area contributed by atoms with Gasteiger partial charge in [0, 0.05) is 35.4 Å². The predicted octanol–water partition coefficient (Wildman–Crippen LogP) is 6.58. The number of hydrazone groups is 1. The molecule has 14 heteroatoms. The van der Waals surface area contributed by atoms with E-state index in [4.69, 9.17) is 18.9 Å². The van der Waals surface area contributed by atoms with Crippen LogP contribution >= 0.6 is 31.9 Å². The number of nitrogens with zero attached hydrogens (tertiary/aromatic N) is 2. The van der Waals surface area contributed by atoms with Crippen LogP contribution in [-0.4, -0.2) is 59.4 Å². The fraction of sp³-hybridized carbons (Fsp3) is 0.143. The van der Waals surface area contributed by atoms with Crippen LogP contribution in [0.5, 0.6) is 23.0 Å². The molecule has 0 aliphatic heterocycles. The molecule has 0 saturated carbocycles. The molecule has 2 amide bonds. The summed E-state index contributed by atoms with van der Waals surface area (Å²) in [6, 6.07) is 18.5. The second-order valence-corrected chi connectivity index (χ2v) is 12.1. The van der Waals surface area contributed by atoms with Crippen LogP contribution in [0, 0.1) is 5.82 Å². The van der Waals surface area contributed by atoms with Crippen molar-refractivity contribution in [3.05, 3.63) is 116 Å². The molecule has 0 atom stereocenters. The second kappa shape index (κ2) is 16.8. The van der Waals surface area contributed by atoms with E-state index >= 15 is 0 Å². The van der Waals surface area contributed by atoms with Gasteiger partial charge in [-0.3, -0.25) is 9.59 Å². The number of ether oxygens (including phenoxy) is 4. The van der Waals surface area contributed by atoms with Gasteiger partial charge in [-0.05, 0) is 82.2 Å². The third-order valence-electron chi connectivity index (χ3n) is 6.80. The lowest BCUT2D eigenvalue weighted by Gasteiger charge is -2.15. The minimum atomic E-state index is -0.775. The number of methoxy groups -OCH3 is 3. The SMILES string of the molecule is COc1cc(C(=O)Oc2c(Br)cc(Br)cc2/C=N/NC(=O)/C(=C/c2ccc(N(C)C)cc2)NC(=O)c2cccc(F)c2)cc(OC)c1OC. The average Bonchev–Trinajstić information content (AvgIpc) is 3.08. The molecule has 0 fully saturated rings. The number of nitrogens with one attached hydrogen (secondary N) is 2. The molecular formula is C35H31Br2FN4O7. The molecule has 0 heterocycles. The van der Waals surface area contributed by atoms with Crippen molar-refractivity contribution in [3.8, 4) is 23.0 Å². The Balaban J connectivity index is 1.61. The summed E-state index contributed by atoms with van der Waals surface area (Å²) in [5.74, 6) is -1.91. The van der Waals surface area contributed by atoms with E-state index in [1.165, 1.54) is 64.0 Å². The van der Waals surface area contributed by atoms with Gasteiger partial charge >= 0.3 is 5.97 Å². The van der Waals surface area contributed by atoms with Crippen molar-refractivity contribution in [3.63, 3.8) is 0 Å². The number of esters is 1. The van der Waals surface area contributed by atoms with E-state index in [0.717, 1.165) is 11.8 Å². The van der Waals surface area contributed by atoms with Crippen LogP contribution in [0.25, 0.3) is 6.08 Å². The van der Waals surface area contributed by atoms with Gasteiger partial charge in [0.2, 0.25) is 5.75 Å². The third-order valence-corrected chi connectivity index (χ3v) is 7.85. The second-order valence-electron chi connectivity index (χ2n) is 10.3. The lowest BCUT2D eigenvalue weighted by Crippen LogP contribution is -2.32. The molecule has 0 saturated heterocycles. The number of benzene rings is 4. The maximum Gasteiger partial charge on any atom is 0.343 e. The molecule has 0 spiro atoms. The lowest BCUT2D eigenvalue weighted by atomic mass is 10.1. The van der Waals surface area contributed by atoms with Crippen LogP contribution in [0.15, 0.2) is 92.5 Å². The standard InChI is InChI=1S/C35H31Br2FN4O7/c1-42(2)26-11-9-20(10-12-26)13-28(40-33(43)21-7-6-8-25(38)15-21)34(44)41-39-19-23-14-24(36)18-27(37)31(23)49-35(45)22-16-29(46-3)32(48-5)30(17-22)47-4/h6-19H,1-5H3,(H,40,43)(H,41,44)/b28-13-,39-19+. The highest BCUT2D eigenvalue weighted by molar-refractivity contribution is 9.11. The van der Waals surface area contributed by atoms with Gasteiger partial charge in [0.05, 0.1) is 37.6 Å². The summed E-state index contributed by atoms with van der Waals surface area (Å²) < 4.78 is 36.6. The number of anilines is 1. The largest absolute Gasteiger partial charge is 0.493 e. The summed E-state index contributed by atoms with van der Waals surface area (Å²) in [6.07, 6.45) is 2.73. The molecule has 0 aromatic heterocycles. The Kier molecular flexibility index (Phi) is 12.5. The number of halogens is 3. The maximum atomic E-state index is 13.8. The molecule has 254 valence electrons. The van der Waals surface area contributed by atoms with E-state index in [-0.39, 0.29) is 34.1 Å². The Morgan fingerprint density at radius 3 is 2.10 bits per heavy atom. The fourth-order valence-electron chi connectivity index (χ4n) is 4.37. The van der Waals surface area contributed by atoms with Gasteiger partial charge in [-0.1, -0.05) is 34.1 Å². The Bertz CT molecular complexity index is 1910. The zero-order valence-electron chi connectivity index (χ0n) is 27.0. The highest BCUT2D eigenvalue weighted by atomic mass is 79.9. The monoisotopic (exact) mass is 796 g/mol. The zero-order chi connectivity index (χ0) is 35.7. The van der Waals surface area contributed by atoms with Gasteiger partial charge in [0.1, 0.15) is 11.5 Å². The zero-order valence-corrected chi connectivity index (χ0v) is 30.1. The minimum Gasteiger partial charge on any atom is -0.493 e. The van der Waals surface area contributed by atoms with E-state index in [9.17, 15) is 18.8 Å². The van der Waals surface area contributed by atoms with Crippen molar-refractivity contribution >= 4 is 67.6 Å². The highest BCUT2D eigenvalue weighted by Crippen LogP contribution is 2.39. The van der Waals surface area contributed by atoms with Crippen LogP contribution in [0.1, 0.15) is 31.8 Å². The Labute approximate surface area is 298 Å². The molecule has 4 rings (SSSR count). The van der Waals surface area contributed by atoms with Crippen molar-refractivity contribution in [1.29, 1.82) is 0 Å². The first-order chi connectivity index (χ1) is 23.4. The minimum absolute atomic E-state index is 0.0164. The molecule has 0 unspecified atom stereocenters. The normalized spacial score (nSPS) is 11.1. The molecule has 2 N–H and O–H groups in total. The van der Waals surface area contributed by atoms with Gasteiger partial charge in [-0.2, -0.15) is 5.10 Å². The number of carbonyl (C=O) groups is 3. The Morgan fingerprint density at radius 2 is 1.51 bits per heavy atom. The number of carbonyl (C=O) groups excluding carboxylic acids is 3. The van der Waals surface area contributed by atoms with Crippen LogP contribution in [0.3, 0.4) is 0 Å². The number of amides is 2. The maximum absolute atomic E-state index is 13.8. The Hall–Kier alpha value is -5.21. The predicted molar refractivity (Wildman–Crippen MR) is 191 cm³/mol. The van der Waals surface area contributed by atoms with Crippen LogP contribution < -0.4 is 34.6 Å². The summed E-state index contributed by atoms with van der Waals surface area (Å²) in [4.78, 5) is 41.5. The van der Waals surface area contributed by atoms with Gasteiger partial charge in [-0.15, -0.1) is 0 Å². The molecule has 11 nitrogen and oxygen atoms in total. The van der Waals surface area contributed by atoms with Gasteiger partial charge in [0.15, 0.2) is 17.2 Å². The summed E-state index contributed by atoms with van der Waals surface area (Å²) >= 11 is 6.82. The Morgan fingerprint density at radius 1 is 0.837 bits per heavy atom. The van der Waals surface area contributed by atoms with E-state index < -0.39 is 23.6 Å².